The van der Waals surface area contributed by atoms with Crippen molar-refractivity contribution in [3.05, 3.63) is 23.7 Å². The molecular weight excluding hydrogens is 456 g/mol. The molecule has 0 fully saturated rings. The van der Waals surface area contributed by atoms with Gasteiger partial charge in [0.1, 0.15) is 0 Å². The summed E-state index contributed by atoms with van der Waals surface area (Å²) in [5.41, 5.74) is -1.83. The van der Waals surface area contributed by atoms with Gasteiger partial charge in [-0.05, 0) is 23.0 Å². The van der Waals surface area contributed by atoms with Crippen molar-refractivity contribution in [2.75, 3.05) is 0 Å². The molecule has 0 aliphatic carbocycles. The van der Waals surface area contributed by atoms with Crippen LogP contribution in [-0.2, 0) is 34.9 Å². The SMILES string of the molecule is CC(C)(C)C(=O)/C=C(\[O-])C(C)(C)C.CC(C)(C)C(=O)/C=C(\[O-])C(C)(C)C.[O]=[Mo]=[O]. The first-order valence-corrected chi connectivity index (χ1v) is 10.9. The molecule has 0 amide bonds. The summed E-state index contributed by atoms with van der Waals surface area (Å²) in [4.78, 5) is 22.9. The number of allylic oxidation sites excluding steroid dienone is 4. The molecule has 0 aromatic rings. The van der Waals surface area contributed by atoms with E-state index in [1.54, 1.807) is 0 Å². The first-order chi connectivity index (χ1) is 12.5. The molecule has 0 spiro atoms. The van der Waals surface area contributed by atoms with Gasteiger partial charge in [0.25, 0.3) is 0 Å². The Labute approximate surface area is 185 Å². The molecule has 7 heteroatoms. The van der Waals surface area contributed by atoms with Crippen LogP contribution in [0.15, 0.2) is 23.7 Å². The van der Waals surface area contributed by atoms with Crippen LogP contribution in [0.25, 0.3) is 0 Å². The van der Waals surface area contributed by atoms with E-state index in [0.717, 1.165) is 0 Å². The van der Waals surface area contributed by atoms with Gasteiger partial charge in [0.05, 0.1) is 0 Å². The van der Waals surface area contributed by atoms with Gasteiger partial charge >= 0.3 is 25.3 Å². The van der Waals surface area contributed by atoms with E-state index >= 15 is 0 Å². The molecule has 6 nitrogen and oxygen atoms in total. The summed E-state index contributed by atoms with van der Waals surface area (Å²) in [6, 6.07) is 0. The second kappa shape index (κ2) is 12.4. The van der Waals surface area contributed by atoms with Crippen molar-refractivity contribution in [2.45, 2.75) is 83.1 Å². The van der Waals surface area contributed by atoms with Gasteiger partial charge < -0.3 is 10.2 Å². The molecule has 0 saturated carbocycles. The van der Waals surface area contributed by atoms with E-state index < -0.39 is 40.1 Å². The van der Waals surface area contributed by atoms with Crippen molar-refractivity contribution in [1.29, 1.82) is 0 Å². The third kappa shape index (κ3) is 17.3. The molecule has 0 heterocycles. The predicted octanol–water partition coefficient (Wildman–Crippen LogP) is 3.54. The molecule has 170 valence electrons. The summed E-state index contributed by atoms with van der Waals surface area (Å²) in [6.45, 7) is 21.7. The molecule has 0 aliphatic heterocycles. The van der Waals surface area contributed by atoms with Gasteiger partial charge in [-0.2, -0.15) is 0 Å². The third-order valence-electron chi connectivity index (χ3n) is 3.48. The number of rotatable bonds is 2. The Bertz CT molecular complexity index is 587. The normalized spacial score (nSPS) is 13.4. The Kier molecular flexibility index (Phi) is 13.9. The number of hydrogen-bond acceptors (Lipinski definition) is 6. The molecule has 0 bridgehead atoms. The molecule has 0 rings (SSSR count). The standard InChI is InChI=1S/2C11H20O2.Mo.2O/c2*1-10(2,3)8(12)7-9(13)11(4,5)6;;;/h2*7,12H,1-6H3;;;/p-2/b2*8-7-;;;. The van der Waals surface area contributed by atoms with Crippen LogP contribution < -0.4 is 10.2 Å². The number of carbonyl (C=O) groups excluding carboxylic acids is 2. The van der Waals surface area contributed by atoms with Crippen LogP contribution in [0.3, 0.4) is 0 Å². The van der Waals surface area contributed by atoms with E-state index in [9.17, 15) is 19.8 Å². The Morgan fingerprint density at radius 3 is 0.828 bits per heavy atom. The van der Waals surface area contributed by atoms with Crippen LogP contribution in [0.5, 0.6) is 0 Å². The van der Waals surface area contributed by atoms with Crippen LogP contribution in [0.4, 0.5) is 0 Å². The average molecular weight is 494 g/mol. The zero-order valence-electron chi connectivity index (χ0n) is 20.0. The molecule has 29 heavy (non-hydrogen) atoms. The fraction of sp³-hybridized carbons (Fsp3) is 0.727. The second-order valence-corrected chi connectivity index (χ2v) is 11.1. The second-order valence-electron chi connectivity index (χ2n) is 10.8. The summed E-state index contributed by atoms with van der Waals surface area (Å²) in [5.74, 6) is -0.417. The third-order valence-corrected chi connectivity index (χ3v) is 3.48. The summed E-state index contributed by atoms with van der Waals surface area (Å²) >= 11 is -2.03. The molecular formula is C22H38MoO6-2. The number of ketones is 2. The molecule has 0 atom stereocenters. The summed E-state index contributed by atoms with van der Waals surface area (Å²) in [6.07, 6.45) is 2.44. The van der Waals surface area contributed by atoms with Crippen molar-refractivity contribution in [2.24, 2.45) is 21.7 Å². The Morgan fingerprint density at radius 1 is 0.552 bits per heavy atom. The monoisotopic (exact) mass is 496 g/mol. The van der Waals surface area contributed by atoms with E-state index in [-0.39, 0.29) is 23.1 Å². The zero-order valence-corrected chi connectivity index (χ0v) is 22.0. The van der Waals surface area contributed by atoms with Gasteiger partial charge in [-0.1, -0.05) is 83.1 Å². The molecule has 0 saturated heterocycles. The maximum atomic E-state index is 11.4. The van der Waals surface area contributed by atoms with Gasteiger partial charge in [0, 0.05) is 10.8 Å². The molecule has 0 N–H and O–H groups in total. The van der Waals surface area contributed by atoms with Crippen molar-refractivity contribution in [1.82, 2.24) is 0 Å². The first kappa shape index (κ1) is 32.4. The van der Waals surface area contributed by atoms with Crippen molar-refractivity contribution >= 4 is 11.6 Å². The Balaban J connectivity index is -0.000000410. The van der Waals surface area contributed by atoms with Crippen LogP contribution in [0.2, 0.25) is 0 Å². The minimum absolute atomic E-state index is 0.104. The average Bonchev–Trinajstić information content (AvgIpc) is 2.44. The summed E-state index contributed by atoms with van der Waals surface area (Å²) in [7, 11) is 0. The van der Waals surface area contributed by atoms with E-state index in [2.05, 4.69) is 0 Å². The number of hydrogen-bond donors (Lipinski definition) is 0. The molecule has 0 aromatic carbocycles. The topological polar surface area (TPSA) is 114 Å². The van der Waals surface area contributed by atoms with Gasteiger partial charge in [0.2, 0.25) is 0 Å². The zero-order chi connectivity index (χ0) is 24.4. The van der Waals surface area contributed by atoms with Crippen LogP contribution in [-0.4, -0.2) is 11.6 Å². The Morgan fingerprint density at radius 2 is 0.724 bits per heavy atom. The van der Waals surface area contributed by atoms with Crippen molar-refractivity contribution in [3.8, 4) is 0 Å². The maximum absolute atomic E-state index is 11.4. The van der Waals surface area contributed by atoms with E-state index in [4.69, 9.17) is 6.80 Å². The molecule has 0 unspecified atom stereocenters. The van der Waals surface area contributed by atoms with Crippen LogP contribution in [0, 0.1) is 21.7 Å². The van der Waals surface area contributed by atoms with Gasteiger partial charge in [-0.25, -0.2) is 0 Å². The number of carbonyl (C=O) groups is 2. The first-order valence-electron chi connectivity index (χ1n) is 9.30. The fourth-order valence-corrected chi connectivity index (χ4v) is 1.10. The van der Waals surface area contributed by atoms with Crippen LogP contribution >= 0.6 is 0 Å². The van der Waals surface area contributed by atoms with E-state index in [1.807, 2.05) is 83.1 Å². The molecule has 0 aromatic heterocycles. The summed E-state index contributed by atoms with van der Waals surface area (Å²) < 4.78 is 17.0. The van der Waals surface area contributed by atoms with E-state index in [0.29, 0.717) is 0 Å². The molecule has 0 radical (unpaired) electrons. The summed E-state index contributed by atoms with van der Waals surface area (Å²) in [5, 5.41) is 22.9. The quantitative estimate of drug-likeness (QED) is 0.330. The van der Waals surface area contributed by atoms with Gasteiger partial charge in [-0.3, -0.25) is 9.59 Å². The Hall–Kier alpha value is -1.29. The van der Waals surface area contributed by atoms with Crippen molar-refractivity contribution in [3.63, 3.8) is 0 Å². The molecule has 0 aliphatic rings. The van der Waals surface area contributed by atoms with E-state index in [1.165, 1.54) is 12.2 Å². The minimum atomic E-state index is -2.03. The van der Waals surface area contributed by atoms with Gasteiger partial charge in [-0.15, -0.1) is 11.5 Å². The van der Waals surface area contributed by atoms with Crippen molar-refractivity contribution < 1.29 is 45.1 Å². The van der Waals surface area contributed by atoms with Crippen LogP contribution in [0.1, 0.15) is 83.1 Å². The fourth-order valence-electron chi connectivity index (χ4n) is 1.10. The predicted molar refractivity (Wildman–Crippen MR) is 105 cm³/mol. The van der Waals surface area contributed by atoms with Gasteiger partial charge in [0.15, 0.2) is 11.6 Å².